The number of nitrogens with two attached hydrogens (primary N) is 1. The van der Waals surface area contributed by atoms with Gasteiger partial charge in [-0.15, -0.1) is 0 Å². The quantitative estimate of drug-likeness (QED) is 0.658. The maximum absolute atomic E-state index is 9.44. The standard InChI is InChI=1S/C10H15NO2/c1-7-5-8(3-2-4-11)10(13)6-9(7)12/h5-6,12-13H,2-4,11H2,1H3. The Morgan fingerprint density at radius 2 is 1.92 bits per heavy atom. The Kier molecular flexibility index (Phi) is 3.14. The summed E-state index contributed by atoms with van der Waals surface area (Å²) in [5.74, 6) is 0.283. The summed E-state index contributed by atoms with van der Waals surface area (Å²) < 4.78 is 0. The second-order valence-corrected chi connectivity index (χ2v) is 3.16. The number of aromatic hydroxyl groups is 2. The van der Waals surface area contributed by atoms with E-state index >= 15 is 0 Å². The van der Waals surface area contributed by atoms with Gasteiger partial charge in [-0.2, -0.15) is 0 Å². The Bertz CT molecular complexity index is 297. The number of hydrogen-bond donors (Lipinski definition) is 3. The molecule has 0 saturated carbocycles. The van der Waals surface area contributed by atoms with Crippen LogP contribution in [-0.2, 0) is 6.42 Å². The lowest BCUT2D eigenvalue weighted by atomic mass is 10.1. The molecule has 0 unspecified atom stereocenters. The third kappa shape index (κ3) is 2.36. The predicted octanol–water partition coefficient (Wildman–Crippen LogP) is 1.30. The summed E-state index contributed by atoms with van der Waals surface area (Å²) in [7, 11) is 0. The van der Waals surface area contributed by atoms with Crippen molar-refractivity contribution in [3.05, 3.63) is 23.3 Å². The van der Waals surface area contributed by atoms with Crippen LogP contribution < -0.4 is 5.73 Å². The molecular weight excluding hydrogens is 166 g/mol. The molecule has 3 nitrogen and oxygen atoms in total. The summed E-state index contributed by atoms with van der Waals surface area (Å²) in [6.07, 6.45) is 1.60. The van der Waals surface area contributed by atoms with Crippen molar-refractivity contribution in [2.45, 2.75) is 19.8 Å². The summed E-state index contributed by atoms with van der Waals surface area (Å²) in [4.78, 5) is 0. The molecule has 1 aromatic carbocycles. The van der Waals surface area contributed by atoms with Crippen LogP contribution in [0.15, 0.2) is 12.1 Å². The molecule has 13 heavy (non-hydrogen) atoms. The van der Waals surface area contributed by atoms with Gasteiger partial charge in [-0.25, -0.2) is 0 Å². The first kappa shape index (κ1) is 9.86. The highest BCUT2D eigenvalue weighted by atomic mass is 16.3. The summed E-state index contributed by atoms with van der Waals surface area (Å²) in [5, 5.41) is 18.7. The molecule has 0 fully saturated rings. The highest BCUT2D eigenvalue weighted by Gasteiger charge is 2.04. The lowest BCUT2D eigenvalue weighted by Gasteiger charge is -2.06. The van der Waals surface area contributed by atoms with Crippen LogP contribution >= 0.6 is 0 Å². The van der Waals surface area contributed by atoms with Crippen LogP contribution in [0.25, 0.3) is 0 Å². The average Bonchev–Trinajstić information content (AvgIpc) is 2.09. The number of rotatable bonds is 3. The van der Waals surface area contributed by atoms with Crippen molar-refractivity contribution in [3.8, 4) is 11.5 Å². The van der Waals surface area contributed by atoms with Crippen LogP contribution in [0.5, 0.6) is 11.5 Å². The molecular formula is C10H15NO2. The maximum Gasteiger partial charge on any atom is 0.122 e. The Labute approximate surface area is 77.8 Å². The number of phenols is 2. The molecule has 0 saturated heterocycles. The topological polar surface area (TPSA) is 66.5 Å². The minimum absolute atomic E-state index is 0.133. The highest BCUT2D eigenvalue weighted by Crippen LogP contribution is 2.27. The summed E-state index contributed by atoms with van der Waals surface area (Å²) in [6.45, 7) is 2.42. The molecule has 1 rings (SSSR count). The van der Waals surface area contributed by atoms with E-state index in [1.165, 1.54) is 6.07 Å². The Morgan fingerprint density at radius 1 is 1.23 bits per heavy atom. The largest absolute Gasteiger partial charge is 0.508 e. The van der Waals surface area contributed by atoms with E-state index in [1.807, 2.05) is 0 Å². The van der Waals surface area contributed by atoms with Crippen LogP contribution in [-0.4, -0.2) is 16.8 Å². The smallest absolute Gasteiger partial charge is 0.122 e. The molecule has 0 bridgehead atoms. The second kappa shape index (κ2) is 4.14. The van der Waals surface area contributed by atoms with E-state index in [4.69, 9.17) is 5.73 Å². The second-order valence-electron chi connectivity index (χ2n) is 3.16. The highest BCUT2D eigenvalue weighted by molar-refractivity contribution is 5.44. The van der Waals surface area contributed by atoms with Crippen LogP contribution in [0.1, 0.15) is 17.5 Å². The van der Waals surface area contributed by atoms with Gasteiger partial charge in [0.1, 0.15) is 11.5 Å². The Hall–Kier alpha value is -1.22. The average molecular weight is 181 g/mol. The van der Waals surface area contributed by atoms with Crippen molar-refractivity contribution in [2.24, 2.45) is 5.73 Å². The molecule has 0 aliphatic carbocycles. The zero-order valence-corrected chi connectivity index (χ0v) is 7.75. The third-order valence-corrected chi connectivity index (χ3v) is 2.05. The maximum atomic E-state index is 9.44. The molecule has 0 spiro atoms. The van der Waals surface area contributed by atoms with Crippen molar-refractivity contribution in [2.75, 3.05) is 6.54 Å². The van der Waals surface area contributed by atoms with Gasteiger partial charge in [-0.3, -0.25) is 0 Å². The van der Waals surface area contributed by atoms with Crippen molar-refractivity contribution in [1.82, 2.24) is 0 Å². The van der Waals surface area contributed by atoms with Crippen LogP contribution in [0.4, 0.5) is 0 Å². The van der Waals surface area contributed by atoms with Crippen LogP contribution in [0.3, 0.4) is 0 Å². The molecule has 0 aliphatic rings. The lowest BCUT2D eigenvalue weighted by molar-refractivity contribution is 0.443. The fourth-order valence-electron chi connectivity index (χ4n) is 1.24. The minimum Gasteiger partial charge on any atom is -0.508 e. The van der Waals surface area contributed by atoms with Gasteiger partial charge in [0, 0.05) is 6.07 Å². The molecule has 4 N–H and O–H groups in total. The molecule has 0 atom stereocenters. The van der Waals surface area contributed by atoms with E-state index in [2.05, 4.69) is 0 Å². The summed E-state index contributed by atoms with van der Waals surface area (Å²) in [6, 6.07) is 3.17. The number of hydrogen-bond acceptors (Lipinski definition) is 3. The van der Waals surface area contributed by atoms with Gasteiger partial charge in [0.05, 0.1) is 0 Å². The molecule has 1 aromatic rings. The van der Waals surface area contributed by atoms with E-state index < -0.39 is 0 Å². The zero-order chi connectivity index (χ0) is 9.84. The summed E-state index contributed by atoms with van der Waals surface area (Å²) in [5.41, 5.74) is 6.99. The van der Waals surface area contributed by atoms with Crippen molar-refractivity contribution < 1.29 is 10.2 Å². The monoisotopic (exact) mass is 181 g/mol. The predicted molar refractivity (Wildman–Crippen MR) is 51.9 cm³/mol. The molecule has 0 aromatic heterocycles. The molecule has 72 valence electrons. The first-order chi connectivity index (χ1) is 6.15. The fraction of sp³-hybridized carbons (Fsp3) is 0.400. The van der Waals surface area contributed by atoms with E-state index in [1.54, 1.807) is 13.0 Å². The first-order valence-corrected chi connectivity index (χ1v) is 4.36. The van der Waals surface area contributed by atoms with E-state index in [9.17, 15) is 10.2 Å². The minimum atomic E-state index is 0.133. The third-order valence-electron chi connectivity index (χ3n) is 2.05. The SMILES string of the molecule is Cc1cc(CCCN)c(O)cc1O. The van der Waals surface area contributed by atoms with Gasteiger partial charge in [0.2, 0.25) is 0 Å². The van der Waals surface area contributed by atoms with Crippen LogP contribution in [0, 0.1) is 6.92 Å². The number of benzene rings is 1. The van der Waals surface area contributed by atoms with Gasteiger partial charge in [0.25, 0.3) is 0 Å². The van der Waals surface area contributed by atoms with Crippen LogP contribution in [0.2, 0.25) is 0 Å². The first-order valence-electron chi connectivity index (χ1n) is 4.36. The summed E-state index contributed by atoms with van der Waals surface area (Å²) >= 11 is 0. The number of aryl methyl sites for hydroxylation is 2. The normalized spacial score (nSPS) is 10.3. The molecule has 0 aliphatic heterocycles. The molecule has 0 heterocycles. The van der Waals surface area contributed by atoms with Gasteiger partial charge >= 0.3 is 0 Å². The van der Waals surface area contributed by atoms with Gasteiger partial charge in [-0.1, -0.05) is 0 Å². The molecule has 0 radical (unpaired) electrons. The van der Waals surface area contributed by atoms with Gasteiger partial charge in [-0.05, 0) is 43.5 Å². The van der Waals surface area contributed by atoms with E-state index in [-0.39, 0.29) is 11.5 Å². The van der Waals surface area contributed by atoms with E-state index in [0.29, 0.717) is 6.54 Å². The Balaban J connectivity index is 2.88. The molecule has 0 amide bonds. The van der Waals surface area contributed by atoms with Gasteiger partial charge in [0.15, 0.2) is 0 Å². The lowest BCUT2D eigenvalue weighted by Crippen LogP contribution is -2.00. The Morgan fingerprint density at radius 3 is 2.54 bits per heavy atom. The molecule has 3 heteroatoms. The van der Waals surface area contributed by atoms with Gasteiger partial charge < -0.3 is 15.9 Å². The number of phenolic OH excluding ortho intramolecular Hbond substituents is 2. The van der Waals surface area contributed by atoms with Crippen molar-refractivity contribution >= 4 is 0 Å². The van der Waals surface area contributed by atoms with Crippen molar-refractivity contribution in [3.63, 3.8) is 0 Å². The van der Waals surface area contributed by atoms with E-state index in [0.717, 1.165) is 24.0 Å². The fourth-order valence-corrected chi connectivity index (χ4v) is 1.24. The van der Waals surface area contributed by atoms with Crippen molar-refractivity contribution in [1.29, 1.82) is 0 Å². The zero-order valence-electron chi connectivity index (χ0n) is 7.75.